The van der Waals surface area contributed by atoms with Crippen LogP contribution in [0, 0.1) is 0 Å². The Kier molecular flexibility index (Phi) is 4.20. The van der Waals surface area contributed by atoms with Gasteiger partial charge in [0.15, 0.2) is 9.84 Å². The van der Waals surface area contributed by atoms with Gasteiger partial charge in [-0.2, -0.15) is 0 Å². The zero-order chi connectivity index (χ0) is 13.9. The van der Waals surface area contributed by atoms with Crippen LogP contribution in [-0.2, 0) is 16.3 Å². The molecule has 0 spiro atoms. The molecule has 7 nitrogen and oxygen atoms in total. The summed E-state index contributed by atoms with van der Waals surface area (Å²) < 4.78 is 22.9. The summed E-state index contributed by atoms with van der Waals surface area (Å²) in [4.78, 5) is 10.4. The van der Waals surface area contributed by atoms with Gasteiger partial charge >= 0.3 is 0 Å². The van der Waals surface area contributed by atoms with E-state index in [1.807, 2.05) is 4.90 Å². The van der Waals surface area contributed by atoms with Crippen LogP contribution < -0.4 is 16.2 Å². The Labute approximate surface area is 113 Å². The summed E-state index contributed by atoms with van der Waals surface area (Å²) in [6.07, 6.45) is 3.20. The minimum atomic E-state index is -2.89. The van der Waals surface area contributed by atoms with E-state index in [1.165, 1.54) is 6.33 Å². The lowest BCUT2D eigenvalue weighted by molar-refractivity contribution is 0.586. The van der Waals surface area contributed by atoms with Crippen molar-refractivity contribution in [2.45, 2.75) is 19.8 Å². The van der Waals surface area contributed by atoms with Crippen LogP contribution >= 0.6 is 0 Å². The summed E-state index contributed by atoms with van der Waals surface area (Å²) >= 11 is 0. The zero-order valence-electron chi connectivity index (χ0n) is 11.0. The Morgan fingerprint density at radius 2 is 2.05 bits per heavy atom. The molecule has 1 saturated heterocycles. The standard InChI is InChI=1S/C11H19N5O2S/c1-2-3-9-10(15-12)13-8-14-11(9)16-4-6-19(17,18)7-5-16/h8H,2-7,12H2,1H3,(H,13,14,15). The van der Waals surface area contributed by atoms with Crippen LogP contribution in [0.5, 0.6) is 0 Å². The molecule has 0 saturated carbocycles. The van der Waals surface area contributed by atoms with E-state index in [-0.39, 0.29) is 11.5 Å². The van der Waals surface area contributed by atoms with Gasteiger partial charge in [-0.05, 0) is 6.42 Å². The predicted molar refractivity (Wildman–Crippen MR) is 74.7 cm³/mol. The molecular weight excluding hydrogens is 266 g/mol. The lowest BCUT2D eigenvalue weighted by atomic mass is 10.1. The van der Waals surface area contributed by atoms with Gasteiger partial charge in [0.2, 0.25) is 0 Å². The average molecular weight is 285 g/mol. The molecule has 0 aromatic carbocycles. The van der Waals surface area contributed by atoms with Crippen molar-refractivity contribution in [3.8, 4) is 0 Å². The largest absolute Gasteiger partial charge is 0.354 e. The number of nitrogens with two attached hydrogens (primary N) is 1. The summed E-state index contributed by atoms with van der Waals surface area (Å²) in [7, 11) is -2.89. The number of hydrogen-bond donors (Lipinski definition) is 2. The highest BCUT2D eigenvalue weighted by molar-refractivity contribution is 7.91. The first-order valence-electron chi connectivity index (χ1n) is 6.33. The molecule has 0 atom stereocenters. The number of aromatic nitrogens is 2. The maximum absolute atomic E-state index is 11.5. The summed E-state index contributed by atoms with van der Waals surface area (Å²) in [6.45, 7) is 3.01. The molecule has 0 radical (unpaired) electrons. The third-order valence-electron chi connectivity index (χ3n) is 3.20. The highest BCUT2D eigenvalue weighted by atomic mass is 32.2. The van der Waals surface area contributed by atoms with E-state index in [1.54, 1.807) is 0 Å². The first-order valence-corrected chi connectivity index (χ1v) is 8.15. The van der Waals surface area contributed by atoms with E-state index in [9.17, 15) is 8.42 Å². The molecule has 2 rings (SSSR count). The topological polar surface area (TPSA) is 101 Å². The highest BCUT2D eigenvalue weighted by Crippen LogP contribution is 2.25. The summed E-state index contributed by atoms with van der Waals surface area (Å²) in [5.74, 6) is 7.22. The molecule has 19 heavy (non-hydrogen) atoms. The maximum Gasteiger partial charge on any atom is 0.153 e. The van der Waals surface area contributed by atoms with Gasteiger partial charge in [-0.1, -0.05) is 13.3 Å². The van der Waals surface area contributed by atoms with E-state index in [2.05, 4.69) is 22.3 Å². The first kappa shape index (κ1) is 14.0. The molecule has 3 N–H and O–H groups in total. The van der Waals surface area contributed by atoms with E-state index in [0.29, 0.717) is 18.9 Å². The molecule has 1 aromatic heterocycles. The molecule has 0 aliphatic carbocycles. The third kappa shape index (κ3) is 3.13. The van der Waals surface area contributed by atoms with Crippen molar-refractivity contribution in [1.29, 1.82) is 0 Å². The van der Waals surface area contributed by atoms with Gasteiger partial charge in [0.1, 0.15) is 18.0 Å². The molecule has 1 fully saturated rings. The Morgan fingerprint density at radius 3 is 2.63 bits per heavy atom. The van der Waals surface area contributed by atoms with Crippen molar-refractivity contribution < 1.29 is 8.42 Å². The molecular formula is C11H19N5O2S. The molecule has 1 aromatic rings. The predicted octanol–water partition coefficient (Wildman–Crippen LogP) is -0.0505. The van der Waals surface area contributed by atoms with Gasteiger partial charge in [-0.15, -0.1) is 0 Å². The minimum absolute atomic E-state index is 0.175. The third-order valence-corrected chi connectivity index (χ3v) is 4.81. The molecule has 2 heterocycles. The molecule has 0 bridgehead atoms. The second kappa shape index (κ2) is 5.70. The Bertz CT molecular complexity index is 532. The van der Waals surface area contributed by atoms with Gasteiger partial charge in [0.25, 0.3) is 0 Å². The number of rotatable bonds is 4. The van der Waals surface area contributed by atoms with E-state index < -0.39 is 9.84 Å². The highest BCUT2D eigenvalue weighted by Gasteiger charge is 2.25. The van der Waals surface area contributed by atoms with Crippen molar-refractivity contribution in [3.63, 3.8) is 0 Å². The van der Waals surface area contributed by atoms with Crippen molar-refractivity contribution in [3.05, 3.63) is 11.9 Å². The molecule has 0 amide bonds. The fraction of sp³-hybridized carbons (Fsp3) is 0.636. The quantitative estimate of drug-likeness (QED) is 0.590. The number of hydrazine groups is 1. The van der Waals surface area contributed by atoms with Gasteiger partial charge in [0, 0.05) is 18.7 Å². The normalized spacial score (nSPS) is 18.3. The number of nitrogens with zero attached hydrogens (tertiary/aromatic N) is 3. The zero-order valence-corrected chi connectivity index (χ0v) is 11.8. The molecule has 8 heteroatoms. The smallest absolute Gasteiger partial charge is 0.153 e. The van der Waals surface area contributed by atoms with Gasteiger partial charge in [0.05, 0.1) is 11.5 Å². The number of sulfone groups is 1. The van der Waals surface area contributed by atoms with Gasteiger partial charge in [-0.25, -0.2) is 24.2 Å². The number of hydrogen-bond acceptors (Lipinski definition) is 7. The van der Waals surface area contributed by atoms with Crippen molar-refractivity contribution in [1.82, 2.24) is 9.97 Å². The van der Waals surface area contributed by atoms with Crippen LogP contribution in [0.2, 0.25) is 0 Å². The number of nitrogens with one attached hydrogen (secondary N) is 1. The van der Waals surface area contributed by atoms with Gasteiger partial charge in [-0.3, -0.25) is 0 Å². The maximum atomic E-state index is 11.5. The van der Waals surface area contributed by atoms with E-state index in [0.717, 1.165) is 24.2 Å². The van der Waals surface area contributed by atoms with Crippen LogP contribution in [0.15, 0.2) is 6.33 Å². The van der Waals surface area contributed by atoms with Crippen LogP contribution in [0.4, 0.5) is 11.6 Å². The van der Waals surface area contributed by atoms with Crippen molar-refractivity contribution in [2.75, 3.05) is 34.9 Å². The van der Waals surface area contributed by atoms with Crippen molar-refractivity contribution >= 4 is 21.5 Å². The Morgan fingerprint density at radius 1 is 1.37 bits per heavy atom. The second-order valence-electron chi connectivity index (χ2n) is 4.56. The van der Waals surface area contributed by atoms with Crippen LogP contribution in [0.1, 0.15) is 18.9 Å². The average Bonchev–Trinajstić information content (AvgIpc) is 2.40. The van der Waals surface area contributed by atoms with E-state index >= 15 is 0 Å². The molecule has 1 aliphatic heterocycles. The minimum Gasteiger partial charge on any atom is -0.354 e. The molecule has 1 aliphatic rings. The molecule has 0 unspecified atom stereocenters. The number of anilines is 2. The molecule has 106 valence electrons. The lowest BCUT2D eigenvalue weighted by Gasteiger charge is -2.29. The SMILES string of the molecule is CCCc1c(NN)ncnc1N1CCS(=O)(=O)CC1. The monoisotopic (exact) mass is 285 g/mol. The van der Waals surface area contributed by atoms with Crippen LogP contribution in [0.25, 0.3) is 0 Å². The summed E-state index contributed by atoms with van der Waals surface area (Å²) in [5.41, 5.74) is 3.53. The van der Waals surface area contributed by atoms with Crippen LogP contribution in [0.3, 0.4) is 0 Å². The Hall–Kier alpha value is -1.41. The van der Waals surface area contributed by atoms with E-state index in [4.69, 9.17) is 5.84 Å². The number of nitrogen functional groups attached to an aromatic ring is 1. The van der Waals surface area contributed by atoms with Crippen molar-refractivity contribution in [2.24, 2.45) is 5.84 Å². The fourth-order valence-electron chi connectivity index (χ4n) is 2.20. The van der Waals surface area contributed by atoms with Crippen LogP contribution in [-0.4, -0.2) is 43.0 Å². The Balaban J connectivity index is 2.29. The van der Waals surface area contributed by atoms with Gasteiger partial charge < -0.3 is 10.3 Å². The second-order valence-corrected chi connectivity index (χ2v) is 6.86. The summed E-state index contributed by atoms with van der Waals surface area (Å²) in [6, 6.07) is 0. The lowest BCUT2D eigenvalue weighted by Crippen LogP contribution is -2.41. The first-order chi connectivity index (χ1) is 9.07. The fourth-order valence-corrected chi connectivity index (χ4v) is 3.41. The summed E-state index contributed by atoms with van der Waals surface area (Å²) in [5, 5.41) is 0.